The highest BCUT2D eigenvalue weighted by Crippen LogP contribution is 2.34. The molecule has 0 amide bonds. The average molecular weight is 531 g/mol. The van der Waals surface area contributed by atoms with Crippen molar-refractivity contribution in [2.75, 3.05) is 26.4 Å². The summed E-state index contributed by atoms with van der Waals surface area (Å²) in [6, 6.07) is 0. The van der Waals surface area contributed by atoms with Crippen LogP contribution in [-0.4, -0.2) is 50.0 Å². The Morgan fingerprint density at radius 3 is 2.21 bits per heavy atom. The zero-order valence-electron chi connectivity index (χ0n) is 25.9. The van der Waals surface area contributed by atoms with Gasteiger partial charge in [-0.2, -0.15) is 0 Å². The van der Waals surface area contributed by atoms with Gasteiger partial charge in [0.05, 0.1) is 25.3 Å². The van der Waals surface area contributed by atoms with Gasteiger partial charge in [-0.05, 0) is 69.9 Å². The Morgan fingerprint density at radius 2 is 1.76 bits per heavy atom. The van der Waals surface area contributed by atoms with E-state index in [4.69, 9.17) is 14.5 Å². The Kier molecular flexibility index (Phi) is 22.1. The van der Waals surface area contributed by atoms with Crippen LogP contribution in [0.4, 0.5) is 0 Å². The third kappa shape index (κ3) is 14.4. The van der Waals surface area contributed by atoms with E-state index >= 15 is 0 Å². The predicted molar refractivity (Wildman–Crippen MR) is 163 cm³/mol. The Labute approximate surface area is 233 Å². The van der Waals surface area contributed by atoms with Crippen LogP contribution in [0, 0.1) is 5.41 Å². The first-order valence-corrected chi connectivity index (χ1v) is 14.1. The molecule has 0 aromatic rings. The molecule has 1 heterocycles. The molecule has 0 bridgehead atoms. The highest BCUT2D eigenvalue weighted by Gasteiger charge is 2.31. The van der Waals surface area contributed by atoms with Crippen LogP contribution in [0.25, 0.3) is 0 Å². The summed E-state index contributed by atoms with van der Waals surface area (Å²) < 4.78 is 11.1. The van der Waals surface area contributed by atoms with Crippen molar-refractivity contribution < 1.29 is 19.1 Å². The van der Waals surface area contributed by atoms with Crippen LogP contribution in [-0.2, 0) is 19.1 Å². The number of ketones is 1. The van der Waals surface area contributed by atoms with E-state index in [0.717, 1.165) is 29.7 Å². The number of esters is 1. The van der Waals surface area contributed by atoms with E-state index in [1.54, 1.807) is 20.1 Å². The molecule has 38 heavy (non-hydrogen) atoms. The number of allylic oxidation sites excluding steroid dienone is 3. The maximum absolute atomic E-state index is 13.1. The number of carbonyl (C=O) groups is 2. The van der Waals surface area contributed by atoms with Crippen molar-refractivity contribution >= 4 is 23.7 Å². The lowest BCUT2D eigenvalue weighted by atomic mass is 9.80. The fourth-order valence-electron chi connectivity index (χ4n) is 3.66. The molecule has 0 atom stereocenters. The molecule has 0 aromatic carbocycles. The van der Waals surface area contributed by atoms with Crippen LogP contribution >= 0.6 is 0 Å². The molecule has 0 aliphatic carbocycles. The number of nitrogens with zero attached hydrogens (tertiary/aromatic N) is 2. The molecule has 0 unspecified atom stereocenters. The molecule has 0 N–H and O–H groups in total. The Bertz CT molecular complexity index is 874. The minimum atomic E-state index is -0.377. The molecule has 6 nitrogen and oxygen atoms in total. The molecule has 0 saturated carbocycles. The van der Waals surface area contributed by atoms with Gasteiger partial charge in [-0.25, -0.2) is 4.79 Å². The lowest BCUT2D eigenvalue weighted by Crippen LogP contribution is -2.22. The first-order valence-electron chi connectivity index (χ1n) is 14.1. The Balaban J connectivity index is 0. The number of aliphatic imine (C=N–C) groups is 2. The first-order chi connectivity index (χ1) is 18.1. The highest BCUT2D eigenvalue weighted by atomic mass is 16.5. The van der Waals surface area contributed by atoms with Crippen LogP contribution in [0.5, 0.6) is 0 Å². The second-order valence-electron chi connectivity index (χ2n) is 9.29. The van der Waals surface area contributed by atoms with Gasteiger partial charge in [0.2, 0.25) is 0 Å². The van der Waals surface area contributed by atoms with Crippen molar-refractivity contribution in [1.82, 2.24) is 0 Å². The fourth-order valence-corrected chi connectivity index (χ4v) is 3.66. The quantitative estimate of drug-likeness (QED) is 0.0985. The molecule has 0 saturated heterocycles. The van der Waals surface area contributed by atoms with Gasteiger partial charge >= 0.3 is 5.97 Å². The number of carbonyl (C=O) groups excluding carboxylic acids is 2. The second-order valence-corrected chi connectivity index (χ2v) is 9.29. The van der Waals surface area contributed by atoms with Crippen molar-refractivity contribution in [3.05, 3.63) is 47.2 Å². The van der Waals surface area contributed by atoms with Gasteiger partial charge in [-0.15, -0.1) is 0 Å². The first kappa shape index (κ1) is 37.6. The normalized spacial score (nSPS) is 13.9. The summed E-state index contributed by atoms with van der Waals surface area (Å²) >= 11 is 0. The number of hydrogen-bond donors (Lipinski definition) is 0. The van der Waals surface area contributed by atoms with Crippen molar-refractivity contribution in [1.29, 1.82) is 0 Å². The lowest BCUT2D eigenvalue weighted by molar-refractivity contribution is -0.138. The lowest BCUT2D eigenvalue weighted by Gasteiger charge is -2.25. The van der Waals surface area contributed by atoms with Gasteiger partial charge < -0.3 is 9.47 Å². The van der Waals surface area contributed by atoms with E-state index in [1.165, 1.54) is 6.20 Å². The van der Waals surface area contributed by atoms with Crippen molar-refractivity contribution in [3.8, 4) is 0 Å². The topological polar surface area (TPSA) is 77.3 Å². The van der Waals surface area contributed by atoms with Gasteiger partial charge in [-0.3, -0.25) is 14.8 Å². The number of ether oxygens (including phenoxy) is 2. The minimum Gasteiger partial charge on any atom is -0.462 e. The van der Waals surface area contributed by atoms with E-state index in [9.17, 15) is 9.59 Å². The molecule has 0 fully saturated rings. The van der Waals surface area contributed by atoms with E-state index < -0.39 is 0 Å². The second kappa shape index (κ2) is 22.4. The van der Waals surface area contributed by atoms with Gasteiger partial charge in [-0.1, -0.05) is 66.7 Å². The summed E-state index contributed by atoms with van der Waals surface area (Å²) in [7, 11) is 0. The number of rotatable bonds is 14. The molecule has 6 heteroatoms. The molecule has 216 valence electrons. The Hall–Kier alpha value is -2.60. The highest BCUT2D eigenvalue weighted by molar-refractivity contribution is 6.24. The summed E-state index contributed by atoms with van der Waals surface area (Å²) in [5, 5.41) is 0. The molecule has 0 aromatic heterocycles. The van der Waals surface area contributed by atoms with Crippen LogP contribution in [0.15, 0.2) is 57.2 Å². The fraction of sp³-hybridized carbons (Fsp3) is 0.625. The Morgan fingerprint density at radius 1 is 1.11 bits per heavy atom. The summed E-state index contributed by atoms with van der Waals surface area (Å²) in [5.74, 6) is -0.437. The van der Waals surface area contributed by atoms with Crippen LogP contribution in [0.3, 0.4) is 0 Å². The average Bonchev–Trinajstić information content (AvgIpc) is 3.03. The summed E-state index contributed by atoms with van der Waals surface area (Å²) in [6.45, 7) is 25.0. The predicted octanol–water partition coefficient (Wildman–Crippen LogP) is 8.04. The standard InChI is InChI=1S/C26H41NO4.C4H7N.C2H6/c1-8-12-13-21-23(19(5)28)22(17-26(6,7)10-3)27-18-20(14-16-30-15-9-2)24(21)25(29)31-11-4;1-3-5-4-2;1-2/h8,12H,9-11,13-18H2,1-7H3;3-4H,1H2,2H3;1-2H3/b12-8-;;. The van der Waals surface area contributed by atoms with Crippen LogP contribution in [0.1, 0.15) is 101 Å². The largest absolute Gasteiger partial charge is 0.462 e. The van der Waals surface area contributed by atoms with Crippen molar-refractivity contribution in [2.45, 2.75) is 101 Å². The summed E-state index contributed by atoms with van der Waals surface area (Å²) in [6.07, 6.45) is 10.8. The third-order valence-electron chi connectivity index (χ3n) is 5.85. The van der Waals surface area contributed by atoms with E-state index in [0.29, 0.717) is 50.2 Å². The molecular formula is C32H54N2O4. The smallest absolute Gasteiger partial charge is 0.338 e. The van der Waals surface area contributed by atoms with Crippen LogP contribution < -0.4 is 0 Å². The van der Waals surface area contributed by atoms with Crippen molar-refractivity contribution in [3.63, 3.8) is 0 Å². The molecule has 1 aliphatic rings. The third-order valence-corrected chi connectivity index (χ3v) is 5.85. The zero-order valence-corrected chi connectivity index (χ0v) is 25.9. The molecule has 1 rings (SSSR count). The summed E-state index contributed by atoms with van der Waals surface area (Å²) in [5.41, 5.74) is 3.51. The van der Waals surface area contributed by atoms with Gasteiger partial charge in [0.15, 0.2) is 5.78 Å². The van der Waals surface area contributed by atoms with E-state index in [2.05, 4.69) is 39.3 Å². The van der Waals surface area contributed by atoms with Crippen LogP contribution in [0.2, 0.25) is 0 Å². The number of Topliss-reactive ketones (excluding diaryl/α,β-unsaturated/α-hetero) is 1. The molecule has 0 radical (unpaired) electrons. The molecule has 1 aliphatic heterocycles. The van der Waals surface area contributed by atoms with Gasteiger partial charge in [0, 0.05) is 30.3 Å². The van der Waals surface area contributed by atoms with Crippen molar-refractivity contribution in [2.24, 2.45) is 15.4 Å². The minimum absolute atomic E-state index is 0.00404. The maximum atomic E-state index is 13.1. The molecular weight excluding hydrogens is 476 g/mol. The molecule has 0 spiro atoms. The van der Waals surface area contributed by atoms with Gasteiger partial charge in [0.1, 0.15) is 0 Å². The maximum Gasteiger partial charge on any atom is 0.338 e. The zero-order chi connectivity index (χ0) is 29.6. The van der Waals surface area contributed by atoms with Gasteiger partial charge in [0.25, 0.3) is 0 Å². The number of hydrogen-bond acceptors (Lipinski definition) is 6. The van der Waals surface area contributed by atoms with E-state index in [-0.39, 0.29) is 23.8 Å². The SMILES string of the molecule is C/C=C\CC1=C(C(C)=O)C(CC(C)(C)CC)=NCC(CCOCCC)=C1C(=O)OCC.C=CN=CC.CC. The monoisotopic (exact) mass is 530 g/mol. The van der Waals surface area contributed by atoms with E-state index in [1.807, 2.05) is 39.8 Å². The summed E-state index contributed by atoms with van der Waals surface area (Å²) in [4.78, 5) is 34.5.